The third-order valence-electron chi connectivity index (χ3n) is 4.41. The maximum atomic E-state index is 12.4. The van der Waals surface area contributed by atoms with Gasteiger partial charge in [-0.05, 0) is 42.0 Å². The fraction of sp³-hybridized carbons (Fsp3) is 0.0909. The van der Waals surface area contributed by atoms with Crippen LogP contribution in [0.2, 0.25) is 0 Å². The molecule has 0 radical (unpaired) electrons. The molecule has 0 aliphatic heterocycles. The Hall–Kier alpha value is -3.43. The van der Waals surface area contributed by atoms with Gasteiger partial charge in [0, 0.05) is 35.3 Å². The molecule has 0 fully saturated rings. The zero-order valence-electron chi connectivity index (χ0n) is 16.8. The molecule has 1 aromatic carbocycles. The highest BCUT2D eigenvalue weighted by Crippen LogP contribution is 2.34. The molecule has 156 valence electrons. The van der Waals surface area contributed by atoms with Gasteiger partial charge in [0.25, 0.3) is 5.91 Å². The van der Waals surface area contributed by atoms with E-state index in [-0.39, 0.29) is 11.8 Å². The highest BCUT2D eigenvalue weighted by atomic mass is 32.2. The number of thioether (sulfide) groups is 1. The van der Waals surface area contributed by atoms with Gasteiger partial charge in [-0.2, -0.15) is 11.3 Å². The number of benzene rings is 1. The number of aromatic nitrogens is 3. The molecule has 0 spiro atoms. The SMILES string of the molecule is CSc1nc(-c2cccc(NC(=O)c3ccsc3)c2)c(-c2ccnc(NC(C)=O)c2)[nH]1. The van der Waals surface area contributed by atoms with Gasteiger partial charge in [-0.25, -0.2) is 9.97 Å². The summed E-state index contributed by atoms with van der Waals surface area (Å²) >= 11 is 2.98. The van der Waals surface area contributed by atoms with Gasteiger partial charge in [-0.15, -0.1) is 0 Å². The Morgan fingerprint density at radius 1 is 1.10 bits per heavy atom. The summed E-state index contributed by atoms with van der Waals surface area (Å²) in [6.45, 7) is 1.44. The summed E-state index contributed by atoms with van der Waals surface area (Å²) in [5.41, 5.74) is 4.56. The van der Waals surface area contributed by atoms with E-state index in [0.29, 0.717) is 17.1 Å². The van der Waals surface area contributed by atoms with Crippen molar-refractivity contribution < 1.29 is 9.59 Å². The molecule has 0 saturated carbocycles. The minimum atomic E-state index is -0.187. The van der Waals surface area contributed by atoms with Crippen molar-refractivity contribution in [2.24, 2.45) is 0 Å². The Bertz CT molecular complexity index is 1230. The van der Waals surface area contributed by atoms with Crippen molar-refractivity contribution in [1.29, 1.82) is 0 Å². The number of amides is 2. The number of carbonyl (C=O) groups is 2. The van der Waals surface area contributed by atoms with E-state index in [1.807, 2.05) is 47.3 Å². The smallest absolute Gasteiger partial charge is 0.256 e. The van der Waals surface area contributed by atoms with Crippen molar-refractivity contribution >= 4 is 46.4 Å². The van der Waals surface area contributed by atoms with Gasteiger partial charge >= 0.3 is 0 Å². The Balaban J connectivity index is 1.70. The van der Waals surface area contributed by atoms with Crippen LogP contribution in [0, 0.1) is 0 Å². The van der Waals surface area contributed by atoms with Gasteiger partial charge in [0.1, 0.15) is 5.82 Å². The minimum Gasteiger partial charge on any atom is -0.332 e. The first-order valence-corrected chi connectivity index (χ1v) is 11.5. The number of pyridine rings is 1. The molecular formula is C22H19N5O2S2. The number of H-pyrrole nitrogens is 1. The van der Waals surface area contributed by atoms with E-state index in [1.54, 1.807) is 18.3 Å². The number of nitrogens with zero attached hydrogens (tertiary/aromatic N) is 2. The van der Waals surface area contributed by atoms with Crippen molar-refractivity contribution in [2.45, 2.75) is 12.1 Å². The predicted molar refractivity (Wildman–Crippen MR) is 126 cm³/mol. The maximum absolute atomic E-state index is 12.4. The van der Waals surface area contributed by atoms with Crippen molar-refractivity contribution in [3.8, 4) is 22.5 Å². The summed E-state index contributed by atoms with van der Waals surface area (Å²) in [7, 11) is 0. The molecule has 3 aromatic heterocycles. The molecule has 0 atom stereocenters. The molecule has 4 rings (SSSR count). The monoisotopic (exact) mass is 449 g/mol. The van der Waals surface area contributed by atoms with Crippen molar-refractivity contribution in [3.63, 3.8) is 0 Å². The molecule has 0 aliphatic rings. The van der Waals surface area contributed by atoms with E-state index < -0.39 is 0 Å². The molecular weight excluding hydrogens is 430 g/mol. The summed E-state index contributed by atoms with van der Waals surface area (Å²) in [5.74, 6) is 0.126. The van der Waals surface area contributed by atoms with Crippen LogP contribution in [0.4, 0.5) is 11.5 Å². The van der Waals surface area contributed by atoms with Crippen LogP contribution in [-0.4, -0.2) is 33.0 Å². The van der Waals surface area contributed by atoms with E-state index >= 15 is 0 Å². The first-order valence-electron chi connectivity index (χ1n) is 9.35. The predicted octanol–water partition coefficient (Wildman–Crippen LogP) is 5.13. The molecule has 31 heavy (non-hydrogen) atoms. The normalized spacial score (nSPS) is 10.6. The van der Waals surface area contributed by atoms with E-state index in [2.05, 4.69) is 20.6 Å². The van der Waals surface area contributed by atoms with Crippen LogP contribution in [0.5, 0.6) is 0 Å². The molecule has 2 amide bonds. The third-order valence-corrected chi connectivity index (χ3v) is 5.67. The van der Waals surface area contributed by atoms with Gasteiger partial charge in [0.2, 0.25) is 5.91 Å². The second kappa shape index (κ2) is 9.15. The molecule has 3 heterocycles. The van der Waals surface area contributed by atoms with Gasteiger partial charge in [0.05, 0.1) is 17.0 Å². The molecule has 9 heteroatoms. The van der Waals surface area contributed by atoms with Crippen LogP contribution in [0.3, 0.4) is 0 Å². The number of hydrogen-bond donors (Lipinski definition) is 3. The summed E-state index contributed by atoms with van der Waals surface area (Å²) in [6, 6.07) is 13.0. The number of nitrogens with one attached hydrogen (secondary N) is 3. The molecule has 0 unspecified atom stereocenters. The largest absolute Gasteiger partial charge is 0.332 e. The highest BCUT2D eigenvalue weighted by molar-refractivity contribution is 7.98. The molecule has 0 saturated heterocycles. The second-order valence-corrected chi connectivity index (χ2v) is 8.20. The number of aromatic amines is 1. The molecule has 7 nitrogen and oxygen atoms in total. The summed E-state index contributed by atoms with van der Waals surface area (Å²) < 4.78 is 0. The first-order chi connectivity index (χ1) is 15.0. The number of imidazole rings is 1. The summed E-state index contributed by atoms with van der Waals surface area (Å²) in [5, 5.41) is 10.1. The number of carbonyl (C=O) groups excluding carboxylic acids is 2. The van der Waals surface area contributed by atoms with E-state index in [0.717, 1.165) is 27.7 Å². The summed E-state index contributed by atoms with van der Waals surface area (Å²) in [6.07, 6.45) is 3.58. The topological polar surface area (TPSA) is 99.8 Å². The standard InChI is InChI=1S/C22H19N5O2S2/c1-13(28)24-18-11-15(6-8-23-18)20-19(26-22(27-20)30-2)14-4-3-5-17(10-14)25-21(29)16-7-9-31-12-16/h3-12H,1-2H3,(H,25,29)(H,26,27)(H,23,24,28). The quantitative estimate of drug-likeness (QED) is 0.354. The van der Waals surface area contributed by atoms with Crippen molar-refractivity contribution in [2.75, 3.05) is 16.9 Å². The Kier molecular flexibility index (Phi) is 6.15. The number of rotatable bonds is 6. The van der Waals surface area contributed by atoms with Crippen molar-refractivity contribution in [3.05, 3.63) is 65.0 Å². The van der Waals surface area contributed by atoms with Crippen LogP contribution in [0.1, 0.15) is 17.3 Å². The number of anilines is 2. The Morgan fingerprint density at radius 2 is 1.97 bits per heavy atom. The van der Waals surface area contributed by atoms with Crippen LogP contribution >= 0.6 is 23.1 Å². The fourth-order valence-electron chi connectivity index (χ4n) is 3.04. The first kappa shape index (κ1) is 20.8. The fourth-order valence-corrected chi connectivity index (χ4v) is 4.06. The zero-order chi connectivity index (χ0) is 21.8. The van der Waals surface area contributed by atoms with Gasteiger partial charge in [-0.1, -0.05) is 23.9 Å². The molecule has 4 aromatic rings. The van der Waals surface area contributed by atoms with Crippen molar-refractivity contribution in [1.82, 2.24) is 15.0 Å². The average Bonchev–Trinajstić information content (AvgIpc) is 3.44. The lowest BCUT2D eigenvalue weighted by atomic mass is 10.1. The molecule has 0 aliphatic carbocycles. The van der Waals surface area contributed by atoms with E-state index in [4.69, 9.17) is 4.98 Å². The zero-order valence-corrected chi connectivity index (χ0v) is 18.4. The lowest BCUT2D eigenvalue weighted by Crippen LogP contribution is -2.10. The lowest BCUT2D eigenvalue weighted by Gasteiger charge is -2.08. The molecule has 3 N–H and O–H groups in total. The summed E-state index contributed by atoms with van der Waals surface area (Å²) in [4.78, 5) is 36.1. The third kappa shape index (κ3) is 4.84. The average molecular weight is 450 g/mol. The highest BCUT2D eigenvalue weighted by Gasteiger charge is 2.16. The van der Waals surface area contributed by atoms with Crippen LogP contribution in [-0.2, 0) is 4.79 Å². The number of thiophene rings is 1. The Labute approximate surface area is 187 Å². The van der Waals surface area contributed by atoms with Gasteiger partial charge < -0.3 is 15.6 Å². The minimum absolute atomic E-state index is 0.153. The van der Waals surface area contributed by atoms with Crippen LogP contribution < -0.4 is 10.6 Å². The lowest BCUT2D eigenvalue weighted by molar-refractivity contribution is -0.114. The molecule has 0 bridgehead atoms. The van der Waals surface area contributed by atoms with Crippen LogP contribution in [0.25, 0.3) is 22.5 Å². The number of hydrogen-bond acceptors (Lipinski definition) is 6. The second-order valence-electron chi connectivity index (χ2n) is 6.63. The van der Waals surface area contributed by atoms with E-state index in [9.17, 15) is 9.59 Å². The van der Waals surface area contributed by atoms with Gasteiger partial charge in [-0.3, -0.25) is 9.59 Å². The Morgan fingerprint density at radius 3 is 2.71 bits per heavy atom. The van der Waals surface area contributed by atoms with Crippen LogP contribution in [0.15, 0.2) is 64.6 Å². The van der Waals surface area contributed by atoms with E-state index in [1.165, 1.54) is 30.0 Å². The maximum Gasteiger partial charge on any atom is 0.256 e. The van der Waals surface area contributed by atoms with Gasteiger partial charge in [0.15, 0.2) is 5.16 Å².